The van der Waals surface area contributed by atoms with E-state index in [0.717, 1.165) is 30.5 Å². The maximum atomic E-state index is 13.8. The highest BCUT2D eigenvalue weighted by Crippen LogP contribution is 2.25. The number of hydrogen-bond donors (Lipinski definition) is 0. The van der Waals surface area contributed by atoms with Gasteiger partial charge in [-0.3, -0.25) is 0 Å². The SMILES string of the molecule is CC1(C)OC(=O)C(=Cc2cc(S(C)(=O)=O)ccc2F)C(=O)O1. The molecule has 0 radical (unpaired) electrons. The highest BCUT2D eigenvalue weighted by Gasteiger charge is 2.39. The fourth-order valence-electron chi connectivity index (χ4n) is 1.80. The zero-order valence-corrected chi connectivity index (χ0v) is 12.9. The Hall–Kier alpha value is -2.22. The minimum atomic E-state index is -3.56. The van der Waals surface area contributed by atoms with Crippen molar-refractivity contribution in [3.63, 3.8) is 0 Å². The molecule has 0 aromatic heterocycles. The van der Waals surface area contributed by atoms with E-state index in [4.69, 9.17) is 9.47 Å². The number of cyclic esters (lactones) is 2. The van der Waals surface area contributed by atoms with Gasteiger partial charge < -0.3 is 9.47 Å². The second kappa shape index (κ2) is 5.20. The van der Waals surface area contributed by atoms with Gasteiger partial charge >= 0.3 is 11.9 Å². The molecule has 22 heavy (non-hydrogen) atoms. The molecule has 1 heterocycles. The van der Waals surface area contributed by atoms with Gasteiger partial charge in [-0.15, -0.1) is 0 Å². The molecule has 0 saturated carbocycles. The minimum absolute atomic E-state index is 0.140. The molecule has 1 aromatic rings. The van der Waals surface area contributed by atoms with E-state index in [0.29, 0.717) is 0 Å². The number of carbonyl (C=O) groups excluding carboxylic acids is 2. The molecule has 2 rings (SSSR count). The van der Waals surface area contributed by atoms with Crippen LogP contribution in [-0.2, 0) is 28.9 Å². The van der Waals surface area contributed by atoms with Crippen molar-refractivity contribution in [1.82, 2.24) is 0 Å². The smallest absolute Gasteiger partial charge is 0.348 e. The highest BCUT2D eigenvalue weighted by atomic mass is 32.2. The summed E-state index contributed by atoms with van der Waals surface area (Å²) < 4.78 is 46.5. The third-order valence-electron chi connectivity index (χ3n) is 2.81. The zero-order chi connectivity index (χ0) is 16.7. The van der Waals surface area contributed by atoms with Gasteiger partial charge in [0.2, 0.25) is 0 Å². The first-order valence-corrected chi connectivity index (χ1v) is 8.07. The van der Waals surface area contributed by atoms with Crippen LogP contribution in [-0.4, -0.2) is 32.4 Å². The summed E-state index contributed by atoms with van der Waals surface area (Å²) in [5.41, 5.74) is -0.740. The Bertz CT molecular complexity index is 770. The van der Waals surface area contributed by atoms with Crippen LogP contribution in [0.15, 0.2) is 28.7 Å². The largest absolute Gasteiger partial charge is 0.419 e. The van der Waals surface area contributed by atoms with Crippen molar-refractivity contribution in [2.24, 2.45) is 0 Å². The lowest BCUT2D eigenvalue weighted by atomic mass is 10.1. The molecule has 0 bridgehead atoms. The quantitative estimate of drug-likeness (QED) is 0.353. The average Bonchev–Trinajstić information content (AvgIpc) is 2.33. The predicted octanol–water partition coefficient (Wildman–Crippen LogP) is 1.45. The van der Waals surface area contributed by atoms with Crippen molar-refractivity contribution >= 4 is 27.9 Å². The second-order valence-electron chi connectivity index (χ2n) is 5.19. The highest BCUT2D eigenvalue weighted by molar-refractivity contribution is 7.90. The summed E-state index contributed by atoms with van der Waals surface area (Å²) in [7, 11) is -3.56. The maximum Gasteiger partial charge on any atom is 0.348 e. The van der Waals surface area contributed by atoms with E-state index in [1.54, 1.807) is 0 Å². The summed E-state index contributed by atoms with van der Waals surface area (Å²) in [5.74, 6) is -4.13. The fraction of sp³-hybridized carbons (Fsp3) is 0.286. The lowest BCUT2D eigenvalue weighted by Crippen LogP contribution is -2.41. The van der Waals surface area contributed by atoms with Crippen molar-refractivity contribution in [2.75, 3.05) is 6.26 Å². The van der Waals surface area contributed by atoms with Crippen molar-refractivity contribution in [3.05, 3.63) is 35.2 Å². The van der Waals surface area contributed by atoms with Gasteiger partial charge in [-0.05, 0) is 24.3 Å². The monoisotopic (exact) mass is 328 g/mol. The molecular weight excluding hydrogens is 315 g/mol. The number of ether oxygens (including phenoxy) is 2. The van der Waals surface area contributed by atoms with Gasteiger partial charge in [-0.2, -0.15) is 0 Å². The molecule has 8 heteroatoms. The van der Waals surface area contributed by atoms with E-state index >= 15 is 0 Å². The third-order valence-corrected chi connectivity index (χ3v) is 3.92. The Labute approximate surface area is 126 Å². The van der Waals surface area contributed by atoms with E-state index in [2.05, 4.69) is 0 Å². The van der Waals surface area contributed by atoms with Crippen LogP contribution in [0.25, 0.3) is 6.08 Å². The molecule has 0 unspecified atom stereocenters. The van der Waals surface area contributed by atoms with E-state index in [1.165, 1.54) is 13.8 Å². The van der Waals surface area contributed by atoms with E-state index < -0.39 is 39.0 Å². The van der Waals surface area contributed by atoms with Crippen LogP contribution in [0.1, 0.15) is 19.4 Å². The van der Waals surface area contributed by atoms with Crippen LogP contribution >= 0.6 is 0 Å². The number of rotatable bonds is 2. The number of benzene rings is 1. The number of halogens is 1. The maximum absolute atomic E-state index is 13.8. The molecule has 0 aliphatic carbocycles. The lowest BCUT2D eigenvalue weighted by Gasteiger charge is -2.29. The van der Waals surface area contributed by atoms with Gasteiger partial charge in [0.25, 0.3) is 5.79 Å². The van der Waals surface area contributed by atoms with E-state index in [-0.39, 0.29) is 10.5 Å². The van der Waals surface area contributed by atoms with Crippen molar-refractivity contribution < 1.29 is 31.9 Å². The van der Waals surface area contributed by atoms with Gasteiger partial charge in [-0.25, -0.2) is 22.4 Å². The second-order valence-corrected chi connectivity index (χ2v) is 7.21. The molecule has 1 aliphatic heterocycles. The van der Waals surface area contributed by atoms with Crippen molar-refractivity contribution in [2.45, 2.75) is 24.5 Å². The summed E-state index contributed by atoms with van der Waals surface area (Å²) in [6.45, 7) is 2.76. The molecular formula is C14H13FO6S. The normalized spacial score (nSPS) is 17.7. The lowest BCUT2D eigenvalue weighted by molar-refractivity contribution is -0.222. The van der Waals surface area contributed by atoms with E-state index in [1.807, 2.05) is 0 Å². The molecule has 0 spiro atoms. The van der Waals surface area contributed by atoms with Crippen molar-refractivity contribution in [1.29, 1.82) is 0 Å². The molecule has 1 aliphatic rings. The summed E-state index contributed by atoms with van der Waals surface area (Å²) >= 11 is 0. The van der Waals surface area contributed by atoms with Crippen molar-refractivity contribution in [3.8, 4) is 0 Å². The first-order valence-electron chi connectivity index (χ1n) is 6.17. The van der Waals surface area contributed by atoms with Crippen LogP contribution in [0.5, 0.6) is 0 Å². The summed E-state index contributed by atoms with van der Waals surface area (Å²) in [6.07, 6.45) is 1.87. The van der Waals surface area contributed by atoms with Gasteiger partial charge in [0.15, 0.2) is 9.84 Å². The van der Waals surface area contributed by atoms with Gasteiger partial charge in [0.05, 0.1) is 4.90 Å². The Morgan fingerprint density at radius 1 is 1.14 bits per heavy atom. The van der Waals surface area contributed by atoms with Crippen LogP contribution in [0.3, 0.4) is 0 Å². The summed E-state index contributed by atoms with van der Waals surface area (Å²) in [6, 6.07) is 3.05. The third kappa shape index (κ3) is 3.33. The topological polar surface area (TPSA) is 86.7 Å². The summed E-state index contributed by atoms with van der Waals surface area (Å²) in [4.78, 5) is 23.4. The molecule has 0 amide bonds. The number of carbonyl (C=O) groups is 2. The first kappa shape index (κ1) is 16.2. The molecule has 1 fully saturated rings. The van der Waals surface area contributed by atoms with Gasteiger partial charge in [0.1, 0.15) is 11.4 Å². The number of esters is 2. The Morgan fingerprint density at radius 3 is 2.18 bits per heavy atom. The van der Waals surface area contributed by atoms with Crippen LogP contribution in [0.2, 0.25) is 0 Å². The van der Waals surface area contributed by atoms with E-state index in [9.17, 15) is 22.4 Å². The Balaban J connectivity index is 2.49. The van der Waals surface area contributed by atoms with Crippen LogP contribution in [0.4, 0.5) is 4.39 Å². The fourth-order valence-corrected chi connectivity index (χ4v) is 2.45. The van der Waals surface area contributed by atoms with Crippen LogP contribution in [0, 0.1) is 5.82 Å². The molecule has 118 valence electrons. The standard InChI is InChI=1S/C14H13FO6S/c1-14(2)20-12(16)10(13(17)21-14)7-8-6-9(22(3,18)19)4-5-11(8)15/h4-7H,1-3H3. The number of sulfone groups is 1. The molecule has 0 atom stereocenters. The molecule has 1 aromatic carbocycles. The van der Waals surface area contributed by atoms with Gasteiger partial charge in [-0.1, -0.05) is 0 Å². The average molecular weight is 328 g/mol. The molecule has 6 nitrogen and oxygen atoms in total. The zero-order valence-electron chi connectivity index (χ0n) is 12.0. The Morgan fingerprint density at radius 2 is 1.68 bits per heavy atom. The Kier molecular flexibility index (Phi) is 3.82. The van der Waals surface area contributed by atoms with Crippen LogP contribution < -0.4 is 0 Å². The molecule has 1 saturated heterocycles. The summed E-state index contributed by atoms with van der Waals surface area (Å²) in [5, 5.41) is 0. The first-order chi connectivity index (χ1) is 9.99. The molecule has 0 N–H and O–H groups in total. The van der Waals surface area contributed by atoms with Gasteiger partial charge in [0, 0.05) is 25.7 Å². The predicted molar refractivity (Wildman–Crippen MR) is 73.7 cm³/mol. The number of hydrogen-bond acceptors (Lipinski definition) is 6. The minimum Gasteiger partial charge on any atom is -0.419 e.